The van der Waals surface area contributed by atoms with Crippen LogP contribution in [0.4, 0.5) is 0 Å². The minimum atomic E-state index is -0.933. The standard InChI is InChI=1S/C28H38N6O6/c1-5-39-16-8-15-33(26(23-13-11-19(2)40-23)28(36)29-21-9-6-7-10-21)25(35)18-34-31-27(30-32-34)20-12-14-22(37-3)24(17-20)38-4/h11-14,17,21,26H,5-10,15-16,18H2,1-4H3,(H,29,36)/t26-/m0/s1. The molecule has 12 nitrogen and oxygen atoms in total. The number of tetrazole rings is 1. The van der Waals surface area contributed by atoms with E-state index < -0.39 is 6.04 Å². The predicted molar refractivity (Wildman–Crippen MR) is 146 cm³/mol. The number of methoxy groups -OCH3 is 2. The lowest BCUT2D eigenvalue weighted by molar-refractivity contribution is -0.143. The van der Waals surface area contributed by atoms with Crippen LogP contribution in [0, 0.1) is 6.92 Å². The van der Waals surface area contributed by atoms with Crippen molar-refractivity contribution in [1.29, 1.82) is 0 Å². The molecule has 12 heteroatoms. The fraction of sp³-hybridized carbons (Fsp3) is 0.536. The van der Waals surface area contributed by atoms with E-state index >= 15 is 0 Å². The van der Waals surface area contributed by atoms with Gasteiger partial charge in [0.1, 0.15) is 18.1 Å². The highest BCUT2D eigenvalue weighted by Gasteiger charge is 2.35. The monoisotopic (exact) mass is 554 g/mol. The van der Waals surface area contributed by atoms with Crippen LogP contribution in [0.15, 0.2) is 34.7 Å². The molecule has 2 aromatic heterocycles. The van der Waals surface area contributed by atoms with Gasteiger partial charge in [-0.3, -0.25) is 9.59 Å². The van der Waals surface area contributed by atoms with Gasteiger partial charge in [-0.2, -0.15) is 4.80 Å². The third-order valence-electron chi connectivity index (χ3n) is 6.88. The van der Waals surface area contributed by atoms with E-state index in [1.54, 1.807) is 44.6 Å². The number of ether oxygens (including phenoxy) is 3. The molecule has 3 aromatic rings. The highest BCUT2D eigenvalue weighted by Crippen LogP contribution is 2.31. The highest BCUT2D eigenvalue weighted by atomic mass is 16.5. The maximum absolute atomic E-state index is 13.8. The number of aryl methyl sites for hydroxylation is 1. The van der Waals surface area contributed by atoms with E-state index in [0.717, 1.165) is 25.7 Å². The van der Waals surface area contributed by atoms with Crippen LogP contribution in [-0.4, -0.2) is 76.9 Å². The minimum Gasteiger partial charge on any atom is -0.493 e. The molecule has 0 spiro atoms. The van der Waals surface area contributed by atoms with Crippen LogP contribution >= 0.6 is 0 Å². The normalized spacial score (nSPS) is 14.2. The number of benzene rings is 1. The number of aromatic nitrogens is 4. The van der Waals surface area contributed by atoms with Crippen LogP contribution < -0.4 is 14.8 Å². The van der Waals surface area contributed by atoms with Crippen molar-refractivity contribution in [2.75, 3.05) is 34.0 Å². The fourth-order valence-corrected chi connectivity index (χ4v) is 4.87. The number of carbonyl (C=O) groups excluding carboxylic acids is 2. The van der Waals surface area contributed by atoms with Gasteiger partial charge in [-0.25, -0.2) is 0 Å². The average molecular weight is 555 g/mol. The lowest BCUT2D eigenvalue weighted by Crippen LogP contribution is -2.47. The van der Waals surface area contributed by atoms with Crippen LogP contribution in [-0.2, 0) is 20.9 Å². The first-order valence-corrected chi connectivity index (χ1v) is 13.7. The van der Waals surface area contributed by atoms with Crippen molar-refractivity contribution >= 4 is 11.8 Å². The smallest absolute Gasteiger partial charge is 0.250 e. The van der Waals surface area contributed by atoms with E-state index in [9.17, 15) is 9.59 Å². The topological polar surface area (TPSA) is 134 Å². The summed E-state index contributed by atoms with van der Waals surface area (Å²) in [6.07, 6.45) is 4.55. The van der Waals surface area contributed by atoms with Gasteiger partial charge in [-0.15, -0.1) is 10.2 Å². The Morgan fingerprint density at radius 3 is 2.60 bits per heavy atom. The zero-order valence-electron chi connectivity index (χ0n) is 23.6. The molecule has 0 bridgehead atoms. The molecule has 1 aromatic carbocycles. The summed E-state index contributed by atoms with van der Waals surface area (Å²) in [7, 11) is 3.10. The van der Waals surface area contributed by atoms with Crippen molar-refractivity contribution in [3.8, 4) is 22.9 Å². The van der Waals surface area contributed by atoms with Crippen molar-refractivity contribution in [3.05, 3.63) is 41.9 Å². The van der Waals surface area contributed by atoms with Crippen LogP contribution in [0.25, 0.3) is 11.4 Å². The zero-order chi connectivity index (χ0) is 28.5. The number of nitrogens with one attached hydrogen (secondary N) is 1. The number of nitrogens with zero attached hydrogens (tertiary/aromatic N) is 5. The number of rotatable bonds is 14. The molecule has 1 aliphatic carbocycles. The zero-order valence-corrected chi connectivity index (χ0v) is 23.6. The van der Waals surface area contributed by atoms with Crippen LogP contribution in [0.5, 0.6) is 11.5 Å². The SMILES string of the molecule is CCOCCCN(C(=O)Cn1nnc(-c2ccc(OC)c(OC)c2)n1)[C@H](C(=O)NC1CCCC1)c1ccc(C)o1. The Hall–Kier alpha value is -3.93. The Balaban J connectivity index is 1.57. The Morgan fingerprint density at radius 1 is 1.15 bits per heavy atom. The van der Waals surface area contributed by atoms with Crippen LogP contribution in [0.1, 0.15) is 56.6 Å². The number of carbonyl (C=O) groups is 2. The van der Waals surface area contributed by atoms with Gasteiger partial charge >= 0.3 is 0 Å². The quantitative estimate of drug-likeness (QED) is 0.298. The van der Waals surface area contributed by atoms with Gasteiger partial charge in [0.2, 0.25) is 11.7 Å². The molecule has 2 amide bonds. The van der Waals surface area contributed by atoms with E-state index in [1.165, 1.54) is 9.70 Å². The van der Waals surface area contributed by atoms with Gasteiger partial charge in [0, 0.05) is 31.4 Å². The summed E-state index contributed by atoms with van der Waals surface area (Å²) >= 11 is 0. The molecule has 1 saturated carbocycles. The Kier molecular flexibility index (Phi) is 10.1. The largest absolute Gasteiger partial charge is 0.493 e. The molecular formula is C28H38N6O6. The summed E-state index contributed by atoms with van der Waals surface area (Å²) in [4.78, 5) is 30.2. The number of furan rings is 1. The Labute approximate surface area is 233 Å². The van der Waals surface area contributed by atoms with Crippen molar-refractivity contribution in [1.82, 2.24) is 30.4 Å². The molecule has 0 aliphatic heterocycles. The fourth-order valence-electron chi connectivity index (χ4n) is 4.87. The summed E-state index contributed by atoms with van der Waals surface area (Å²) in [6, 6.07) is 7.98. The second kappa shape index (κ2) is 13.9. The molecule has 0 unspecified atom stereocenters. The first-order valence-electron chi connectivity index (χ1n) is 13.7. The molecule has 1 aliphatic rings. The van der Waals surface area contributed by atoms with E-state index in [-0.39, 0.29) is 24.4 Å². The number of hydrogen-bond acceptors (Lipinski definition) is 9. The Morgan fingerprint density at radius 2 is 1.93 bits per heavy atom. The first-order chi connectivity index (χ1) is 19.4. The number of hydrogen-bond donors (Lipinski definition) is 1. The van der Waals surface area contributed by atoms with Crippen LogP contribution in [0.3, 0.4) is 0 Å². The lowest BCUT2D eigenvalue weighted by Gasteiger charge is -2.30. The van der Waals surface area contributed by atoms with Crippen molar-refractivity contribution in [3.63, 3.8) is 0 Å². The van der Waals surface area contributed by atoms with Gasteiger partial charge in [-0.1, -0.05) is 12.8 Å². The molecule has 1 fully saturated rings. The average Bonchev–Trinajstić information content (AvgIpc) is 3.73. The predicted octanol–water partition coefficient (Wildman–Crippen LogP) is 3.31. The summed E-state index contributed by atoms with van der Waals surface area (Å²) in [5.41, 5.74) is 0.657. The van der Waals surface area contributed by atoms with Gasteiger partial charge in [-0.05, 0) is 68.7 Å². The van der Waals surface area contributed by atoms with Crippen LogP contribution in [0.2, 0.25) is 0 Å². The summed E-state index contributed by atoms with van der Waals surface area (Å²) in [5, 5.41) is 15.8. The maximum atomic E-state index is 13.8. The van der Waals surface area contributed by atoms with E-state index in [0.29, 0.717) is 60.6 Å². The Bertz CT molecular complexity index is 1270. The van der Waals surface area contributed by atoms with Gasteiger partial charge in [0.15, 0.2) is 17.5 Å². The second-order valence-corrected chi connectivity index (χ2v) is 9.69. The van der Waals surface area contributed by atoms with E-state index in [1.807, 2.05) is 13.8 Å². The molecule has 216 valence electrons. The second-order valence-electron chi connectivity index (χ2n) is 9.69. The molecule has 2 heterocycles. The minimum absolute atomic E-state index is 0.0902. The summed E-state index contributed by atoms with van der Waals surface area (Å²) in [6.45, 7) is 4.84. The summed E-state index contributed by atoms with van der Waals surface area (Å²) < 4.78 is 22.1. The van der Waals surface area contributed by atoms with Crippen molar-refractivity contribution in [2.24, 2.45) is 0 Å². The first kappa shape index (κ1) is 29.1. The molecule has 1 N–H and O–H groups in total. The third-order valence-corrected chi connectivity index (χ3v) is 6.88. The van der Waals surface area contributed by atoms with E-state index in [4.69, 9.17) is 18.6 Å². The molecule has 40 heavy (non-hydrogen) atoms. The van der Waals surface area contributed by atoms with Gasteiger partial charge in [0.05, 0.1) is 14.2 Å². The summed E-state index contributed by atoms with van der Waals surface area (Å²) in [5.74, 6) is 1.90. The number of amides is 2. The molecular weight excluding hydrogens is 516 g/mol. The molecule has 1 atom stereocenters. The third kappa shape index (κ3) is 7.17. The lowest BCUT2D eigenvalue weighted by atomic mass is 10.1. The molecule has 0 saturated heterocycles. The molecule has 4 rings (SSSR count). The highest BCUT2D eigenvalue weighted by molar-refractivity contribution is 5.88. The van der Waals surface area contributed by atoms with Gasteiger partial charge < -0.3 is 28.8 Å². The van der Waals surface area contributed by atoms with Crippen molar-refractivity contribution < 1.29 is 28.2 Å². The maximum Gasteiger partial charge on any atom is 0.250 e. The molecule has 0 radical (unpaired) electrons. The van der Waals surface area contributed by atoms with E-state index in [2.05, 4.69) is 20.7 Å². The van der Waals surface area contributed by atoms with Crippen molar-refractivity contribution in [2.45, 2.75) is 64.6 Å². The van der Waals surface area contributed by atoms with Gasteiger partial charge in [0.25, 0.3) is 5.91 Å².